The molecule has 1 N–H and O–H groups in total. The molecule has 0 spiro atoms. The molecule has 56 valence electrons. The van der Waals surface area contributed by atoms with Crippen LogP contribution in [0.4, 0.5) is 0 Å². The Bertz CT molecular complexity index is 166. The molecule has 0 aromatic carbocycles. The third-order valence-electron chi connectivity index (χ3n) is 1.26. The fraction of sp³-hybridized carbons (Fsp3) is 0.667. The quantitative estimate of drug-likeness (QED) is 0.516. The third kappa shape index (κ3) is 1.72. The van der Waals surface area contributed by atoms with Crippen LogP contribution in [0.2, 0.25) is 0 Å². The monoisotopic (exact) mass is 143 g/mol. The maximum Gasteiger partial charge on any atom is 0.304 e. The summed E-state index contributed by atoms with van der Waals surface area (Å²) in [5, 5.41) is 2.50. The first-order valence-electron chi connectivity index (χ1n) is 3.15. The molecule has 4 heteroatoms. The maximum atomic E-state index is 10.5. The van der Waals surface area contributed by atoms with Gasteiger partial charge in [0.2, 0.25) is 5.91 Å². The largest absolute Gasteiger partial charge is 0.442 e. The molecule has 0 aliphatic carbocycles. The predicted octanol–water partition coefficient (Wildman–Crippen LogP) is -0.214. The molecule has 0 aromatic heterocycles. The number of esters is 1. The van der Waals surface area contributed by atoms with Crippen LogP contribution in [-0.4, -0.2) is 18.1 Å². The molecule has 1 aliphatic heterocycles. The van der Waals surface area contributed by atoms with Gasteiger partial charge in [0, 0.05) is 19.8 Å². The minimum Gasteiger partial charge on any atom is -0.442 e. The molecule has 0 bridgehead atoms. The Balaban J connectivity index is 2.31. The van der Waals surface area contributed by atoms with Crippen molar-refractivity contribution < 1.29 is 14.3 Å². The van der Waals surface area contributed by atoms with Crippen LogP contribution >= 0.6 is 0 Å². The summed E-state index contributed by atoms with van der Waals surface area (Å²) in [6.07, 6.45) is 0.668. The van der Waals surface area contributed by atoms with Crippen molar-refractivity contribution in [3.8, 4) is 0 Å². The Morgan fingerprint density at radius 1 is 1.80 bits per heavy atom. The summed E-state index contributed by atoms with van der Waals surface area (Å²) in [5.74, 6) is -0.404. The van der Waals surface area contributed by atoms with Crippen LogP contribution in [-0.2, 0) is 14.3 Å². The summed E-state index contributed by atoms with van der Waals surface area (Å²) >= 11 is 0. The topological polar surface area (TPSA) is 55.4 Å². The number of nitrogens with one attached hydrogen (secondary N) is 1. The van der Waals surface area contributed by atoms with Gasteiger partial charge in [0.25, 0.3) is 0 Å². The van der Waals surface area contributed by atoms with Gasteiger partial charge >= 0.3 is 5.97 Å². The van der Waals surface area contributed by atoms with Gasteiger partial charge in [-0.25, -0.2) is 0 Å². The molecular weight excluding hydrogens is 134 g/mol. The molecule has 1 unspecified atom stereocenters. The minimum absolute atomic E-state index is 0.0498. The van der Waals surface area contributed by atoms with Crippen molar-refractivity contribution in [2.45, 2.75) is 26.0 Å². The molecular formula is C6H9NO3. The van der Waals surface area contributed by atoms with E-state index in [1.54, 1.807) is 0 Å². The summed E-state index contributed by atoms with van der Waals surface area (Å²) in [4.78, 5) is 20.9. The highest BCUT2D eigenvalue weighted by Gasteiger charge is 2.22. The van der Waals surface area contributed by atoms with Gasteiger partial charge in [0.15, 0.2) is 6.23 Å². The number of hydrogen-bond donors (Lipinski definition) is 1. The van der Waals surface area contributed by atoms with Crippen molar-refractivity contribution in [3.63, 3.8) is 0 Å². The number of ether oxygens (including phenoxy) is 1. The molecule has 1 amide bonds. The summed E-state index contributed by atoms with van der Waals surface area (Å²) < 4.78 is 4.71. The van der Waals surface area contributed by atoms with Gasteiger partial charge in [0.05, 0.1) is 0 Å². The smallest absolute Gasteiger partial charge is 0.304 e. The molecule has 4 nitrogen and oxygen atoms in total. The van der Waals surface area contributed by atoms with Gasteiger partial charge in [-0.1, -0.05) is 0 Å². The Morgan fingerprint density at radius 3 is 2.90 bits per heavy atom. The van der Waals surface area contributed by atoms with E-state index in [9.17, 15) is 9.59 Å². The molecule has 1 rings (SSSR count). The lowest BCUT2D eigenvalue weighted by Gasteiger charge is -2.08. The van der Waals surface area contributed by atoms with Gasteiger partial charge in [0.1, 0.15) is 0 Å². The van der Waals surface area contributed by atoms with E-state index in [1.165, 1.54) is 6.92 Å². The second kappa shape index (κ2) is 2.68. The minimum atomic E-state index is -0.384. The van der Waals surface area contributed by atoms with E-state index in [-0.39, 0.29) is 18.1 Å². The lowest BCUT2D eigenvalue weighted by molar-refractivity contribution is -0.147. The number of carbonyl (C=O) groups is 2. The van der Waals surface area contributed by atoms with Crippen molar-refractivity contribution in [2.24, 2.45) is 0 Å². The van der Waals surface area contributed by atoms with Gasteiger partial charge < -0.3 is 10.1 Å². The normalized spacial score (nSPS) is 24.1. The van der Waals surface area contributed by atoms with Crippen LogP contribution < -0.4 is 5.32 Å². The van der Waals surface area contributed by atoms with Crippen molar-refractivity contribution in [1.29, 1.82) is 0 Å². The van der Waals surface area contributed by atoms with E-state index >= 15 is 0 Å². The Hall–Kier alpha value is -1.06. The van der Waals surface area contributed by atoms with Crippen LogP contribution in [0.1, 0.15) is 19.8 Å². The summed E-state index contributed by atoms with van der Waals surface area (Å²) in [6.45, 7) is 1.32. The van der Waals surface area contributed by atoms with Crippen LogP contribution in [0.15, 0.2) is 0 Å². The van der Waals surface area contributed by atoms with E-state index in [0.29, 0.717) is 12.8 Å². The fourth-order valence-electron chi connectivity index (χ4n) is 0.875. The molecule has 0 saturated carbocycles. The van der Waals surface area contributed by atoms with Crippen LogP contribution in [0.5, 0.6) is 0 Å². The number of amides is 1. The molecule has 1 saturated heterocycles. The number of rotatable bonds is 1. The van der Waals surface area contributed by atoms with Crippen LogP contribution in [0, 0.1) is 0 Å². The lowest BCUT2D eigenvalue weighted by Crippen LogP contribution is -2.29. The summed E-state index contributed by atoms with van der Waals surface area (Å²) in [7, 11) is 0. The Labute approximate surface area is 58.5 Å². The van der Waals surface area contributed by atoms with Crippen molar-refractivity contribution in [3.05, 3.63) is 0 Å². The zero-order valence-corrected chi connectivity index (χ0v) is 5.72. The SMILES string of the molecule is CC(=O)OC1CCC(=O)N1. The zero-order chi connectivity index (χ0) is 7.56. The number of hydrogen-bond acceptors (Lipinski definition) is 3. The van der Waals surface area contributed by atoms with Crippen LogP contribution in [0.3, 0.4) is 0 Å². The first-order chi connectivity index (χ1) is 4.68. The highest BCUT2D eigenvalue weighted by Crippen LogP contribution is 2.07. The maximum absolute atomic E-state index is 10.5. The molecule has 10 heavy (non-hydrogen) atoms. The molecule has 1 heterocycles. The zero-order valence-electron chi connectivity index (χ0n) is 5.72. The van der Waals surface area contributed by atoms with E-state index in [2.05, 4.69) is 5.32 Å². The van der Waals surface area contributed by atoms with Crippen molar-refractivity contribution in [2.75, 3.05) is 0 Å². The Kier molecular flexibility index (Phi) is 1.89. The fourth-order valence-corrected chi connectivity index (χ4v) is 0.875. The summed E-state index contributed by atoms with van der Waals surface area (Å²) in [6, 6.07) is 0. The van der Waals surface area contributed by atoms with Crippen LogP contribution in [0.25, 0.3) is 0 Å². The van der Waals surface area contributed by atoms with Gasteiger partial charge in [-0.15, -0.1) is 0 Å². The lowest BCUT2D eigenvalue weighted by atomic mass is 10.3. The number of carbonyl (C=O) groups excluding carboxylic acids is 2. The van der Waals surface area contributed by atoms with Crippen molar-refractivity contribution in [1.82, 2.24) is 5.32 Å². The second-order valence-corrected chi connectivity index (χ2v) is 2.20. The molecule has 1 atom stereocenters. The first-order valence-corrected chi connectivity index (χ1v) is 3.15. The summed E-state index contributed by atoms with van der Waals surface area (Å²) in [5.41, 5.74) is 0. The average molecular weight is 143 g/mol. The second-order valence-electron chi connectivity index (χ2n) is 2.20. The predicted molar refractivity (Wildman–Crippen MR) is 32.9 cm³/mol. The third-order valence-corrected chi connectivity index (χ3v) is 1.26. The molecule has 0 radical (unpaired) electrons. The standard InChI is InChI=1S/C6H9NO3/c1-4(8)10-6-3-2-5(9)7-6/h6H,2-3H2,1H3,(H,7,9). The van der Waals surface area contributed by atoms with Gasteiger partial charge in [-0.05, 0) is 0 Å². The Morgan fingerprint density at radius 2 is 2.50 bits per heavy atom. The average Bonchev–Trinajstić information content (AvgIpc) is 2.13. The van der Waals surface area contributed by atoms with E-state index in [4.69, 9.17) is 4.74 Å². The van der Waals surface area contributed by atoms with E-state index in [0.717, 1.165) is 0 Å². The first kappa shape index (κ1) is 7.05. The van der Waals surface area contributed by atoms with Gasteiger partial charge in [-0.3, -0.25) is 9.59 Å². The van der Waals surface area contributed by atoms with E-state index < -0.39 is 0 Å². The van der Waals surface area contributed by atoms with E-state index in [1.807, 2.05) is 0 Å². The highest BCUT2D eigenvalue weighted by molar-refractivity contribution is 5.78. The molecule has 1 fully saturated rings. The van der Waals surface area contributed by atoms with Crippen molar-refractivity contribution >= 4 is 11.9 Å². The molecule has 1 aliphatic rings. The highest BCUT2D eigenvalue weighted by atomic mass is 16.6. The molecule has 0 aromatic rings. The van der Waals surface area contributed by atoms with Gasteiger partial charge in [-0.2, -0.15) is 0 Å².